The van der Waals surface area contributed by atoms with E-state index in [1.807, 2.05) is 41.5 Å². The van der Waals surface area contributed by atoms with Gasteiger partial charge in [0.05, 0.1) is 11.7 Å². The highest BCUT2D eigenvalue weighted by Gasteiger charge is 2.30. The lowest BCUT2D eigenvalue weighted by atomic mass is 9.82. The number of hydrogen-bond acceptors (Lipinski definition) is 4. The molecule has 1 unspecified atom stereocenters. The Balaban J connectivity index is 1.38. The van der Waals surface area contributed by atoms with Gasteiger partial charge in [-0.1, -0.05) is 90.6 Å². The molecular weight excluding hydrogens is 502 g/mol. The maximum absolute atomic E-state index is 11.9. The third-order valence-corrected chi connectivity index (χ3v) is 8.75. The van der Waals surface area contributed by atoms with Crippen molar-refractivity contribution >= 4 is 11.3 Å². The predicted molar refractivity (Wildman–Crippen MR) is 172 cm³/mol. The van der Waals surface area contributed by atoms with Gasteiger partial charge in [0.15, 0.2) is 0 Å². The number of nitrogens with zero attached hydrogens (tertiary/aromatic N) is 1. The van der Waals surface area contributed by atoms with Crippen molar-refractivity contribution in [2.24, 2.45) is 11.8 Å². The molecule has 0 spiro atoms. The quantitative estimate of drug-likeness (QED) is 0.151. The Morgan fingerprint density at radius 2 is 1.68 bits per heavy atom. The Hall–Kier alpha value is -3.86. The van der Waals surface area contributed by atoms with Gasteiger partial charge in [0.1, 0.15) is 5.75 Å². The van der Waals surface area contributed by atoms with Crippen molar-refractivity contribution in [2.75, 3.05) is 5.43 Å². The third kappa shape index (κ3) is 6.09. The number of phenols is 1. The summed E-state index contributed by atoms with van der Waals surface area (Å²) in [6.07, 6.45) is 23.8. The van der Waals surface area contributed by atoms with E-state index in [0.29, 0.717) is 5.92 Å². The first-order valence-electron chi connectivity index (χ1n) is 15.2. The second-order valence-electron chi connectivity index (χ2n) is 11.5. The van der Waals surface area contributed by atoms with E-state index in [1.54, 1.807) is 0 Å². The summed E-state index contributed by atoms with van der Waals surface area (Å²) < 4.78 is 0. The molecule has 0 fully saturated rings. The summed E-state index contributed by atoms with van der Waals surface area (Å²) in [5.41, 5.74) is 11.8. The van der Waals surface area contributed by atoms with Crippen LogP contribution in [0.5, 0.6) is 5.75 Å². The van der Waals surface area contributed by atoms with E-state index in [2.05, 4.69) is 72.2 Å². The average molecular weight is 544 g/mol. The Morgan fingerprint density at radius 3 is 2.44 bits per heavy atom. The van der Waals surface area contributed by atoms with Crippen molar-refractivity contribution < 1.29 is 5.11 Å². The number of nitrogens with two attached hydrogens (primary N) is 1. The van der Waals surface area contributed by atoms with E-state index < -0.39 is 0 Å². The number of phenolic OH excluding ortho intramolecular Hbond substituents is 1. The molecule has 4 N–H and O–H groups in total. The van der Waals surface area contributed by atoms with E-state index in [-0.39, 0.29) is 11.8 Å². The molecule has 0 heterocycles. The van der Waals surface area contributed by atoms with Crippen molar-refractivity contribution in [3.05, 3.63) is 114 Å². The highest BCUT2D eigenvalue weighted by molar-refractivity contribution is 5.90. The second-order valence-corrected chi connectivity index (χ2v) is 11.5. The van der Waals surface area contributed by atoms with Gasteiger partial charge in [0, 0.05) is 11.1 Å². The Bertz CT molecular complexity index is 1480. The number of nitrogens with one attached hydrogen (secondary N) is 1. The van der Waals surface area contributed by atoms with Gasteiger partial charge in [-0.15, -0.1) is 0 Å². The van der Waals surface area contributed by atoms with E-state index >= 15 is 0 Å². The van der Waals surface area contributed by atoms with Gasteiger partial charge in [-0.25, -0.2) is 0 Å². The lowest BCUT2D eigenvalue weighted by Gasteiger charge is -2.37. The first-order valence-corrected chi connectivity index (χ1v) is 15.2. The van der Waals surface area contributed by atoms with E-state index in [4.69, 9.17) is 5.84 Å². The molecule has 0 amide bonds. The highest BCUT2D eigenvalue weighted by atomic mass is 16.3. The van der Waals surface area contributed by atoms with Gasteiger partial charge in [-0.3, -0.25) is 5.84 Å². The summed E-state index contributed by atoms with van der Waals surface area (Å²) in [5.74, 6) is 7.54. The number of allylic oxidation sites excluding steroid dienone is 6. The maximum atomic E-state index is 11.9. The lowest BCUT2D eigenvalue weighted by Crippen LogP contribution is -2.50. The summed E-state index contributed by atoms with van der Waals surface area (Å²) in [7, 11) is 0. The van der Waals surface area contributed by atoms with Crippen LogP contribution in [0.15, 0.2) is 109 Å². The molecule has 3 aromatic carbocycles. The largest absolute Gasteiger partial charge is 0.507 e. The molecule has 0 radical (unpaired) electrons. The SMILES string of the molecule is NN(Nc1ccc(-c2cccc(C3=CC=CCC3)c2)c(O)c1-c1ccccc1)C(C1=CCCCC1)[C@H]1C=CCCC1. The minimum atomic E-state index is 0.0757. The van der Waals surface area contributed by atoms with Crippen LogP contribution in [-0.2, 0) is 0 Å². The number of benzene rings is 3. The topological polar surface area (TPSA) is 61.5 Å². The first-order chi connectivity index (χ1) is 20.2. The van der Waals surface area contributed by atoms with Crippen molar-refractivity contribution in [3.63, 3.8) is 0 Å². The molecule has 2 atom stereocenters. The fraction of sp³-hybridized carbons (Fsp3) is 0.297. The zero-order valence-corrected chi connectivity index (χ0v) is 23.8. The molecule has 4 nitrogen and oxygen atoms in total. The van der Waals surface area contributed by atoms with E-state index in [9.17, 15) is 5.11 Å². The highest BCUT2D eigenvalue weighted by Crippen LogP contribution is 2.44. The van der Waals surface area contributed by atoms with Crippen molar-refractivity contribution in [1.29, 1.82) is 0 Å². The third-order valence-electron chi connectivity index (χ3n) is 8.75. The van der Waals surface area contributed by atoms with Gasteiger partial charge < -0.3 is 10.5 Å². The van der Waals surface area contributed by atoms with Crippen LogP contribution in [0.2, 0.25) is 0 Å². The molecule has 3 aliphatic carbocycles. The van der Waals surface area contributed by atoms with Gasteiger partial charge >= 0.3 is 0 Å². The molecule has 0 saturated carbocycles. The number of rotatable bonds is 8. The molecule has 0 bridgehead atoms. The molecule has 0 aromatic heterocycles. The molecule has 4 heteroatoms. The monoisotopic (exact) mass is 543 g/mol. The number of hydrogen-bond donors (Lipinski definition) is 3. The standard InChI is InChI=1S/C37H41N3O/c38-40(36(29-18-9-3-10-19-29)30-20-11-4-12-21-30)39-34-25-24-33(37(41)35(34)28-16-7-2-8-17-28)32-23-13-22-31(26-32)27-14-5-1-6-15-27/h1-2,5,7-9,13-14,16-18,20,22-26,29,36,39,41H,3-4,6,10-12,15,19,21,38H2/t29-,36?/m0/s1. The van der Waals surface area contributed by atoms with Gasteiger partial charge in [0.2, 0.25) is 0 Å². The van der Waals surface area contributed by atoms with E-state index in [0.717, 1.165) is 66.5 Å². The second kappa shape index (κ2) is 12.8. The van der Waals surface area contributed by atoms with Crippen LogP contribution in [0.25, 0.3) is 27.8 Å². The summed E-state index contributed by atoms with van der Waals surface area (Å²) in [5, 5.41) is 13.7. The molecule has 210 valence electrons. The summed E-state index contributed by atoms with van der Waals surface area (Å²) >= 11 is 0. The molecular formula is C37H41N3O. The van der Waals surface area contributed by atoms with Gasteiger partial charge in [-0.05, 0) is 104 Å². The van der Waals surface area contributed by atoms with Crippen LogP contribution >= 0.6 is 0 Å². The van der Waals surface area contributed by atoms with Crippen LogP contribution in [0.3, 0.4) is 0 Å². The molecule has 6 rings (SSSR count). The fourth-order valence-corrected chi connectivity index (χ4v) is 6.65. The predicted octanol–water partition coefficient (Wildman–Crippen LogP) is 9.19. The van der Waals surface area contributed by atoms with Crippen LogP contribution in [0.4, 0.5) is 5.69 Å². The average Bonchev–Trinajstić information content (AvgIpc) is 3.03. The molecule has 0 aliphatic heterocycles. The van der Waals surface area contributed by atoms with Crippen molar-refractivity contribution in [3.8, 4) is 28.0 Å². The van der Waals surface area contributed by atoms with Gasteiger partial charge in [-0.2, -0.15) is 5.12 Å². The summed E-state index contributed by atoms with van der Waals surface area (Å²) in [6.45, 7) is 0. The first kappa shape index (κ1) is 27.3. The minimum Gasteiger partial charge on any atom is -0.507 e. The van der Waals surface area contributed by atoms with Crippen molar-refractivity contribution in [1.82, 2.24) is 5.12 Å². The lowest BCUT2D eigenvalue weighted by molar-refractivity contribution is 0.212. The normalized spacial score (nSPS) is 19.5. The zero-order valence-electron chi connectivity index (χ0n) is 23.8. The van der Waals surface area contributed by atoms with Crippen molar-refractivity contribution in [2.45, 2.75) is 63.8 Å². The van der Waals surface area contributed by atoms with Crippen LogP contribution in [0.1, 0.15) is 63.4 Å². The Labute approximate surface area is 244 Å². The van der Waals surface area contributed by atoms with Crippen LogP contribution in [-0.4, -0.2) is 16.3 Å². The van der Waals surface area contributed by atoms with E-state index in [1.165, 1.54) is 36.0 Å². The minimum absolute atomic E-state index is 0.0757. The zero-order chi connectivity index (χ0) is 28.0. The molecule has 41 heavy (non-hydrogen) atoms. The number of hydrazine groups is 2. The smallest absolute Gasteiger partial charge is 0.133 e. The molecule has 3 aromatic rings. The van der Waals surface area contributed by atoms with Crippen LogP contribution < -0.4 is 11.3 Å². The maximum Gasteiger partial charge on any atom is 0.133 e. The summed E-state index contributed by atoms with van der Waals surface area (Å²) in [4.78, 5) is 0. The molecule has 3 aliphatic rings. The number of aromatic hydroxyl groups is 1. The summed E-state index contributed by atoms with van der Waals surface area (Å²) in [6, 6.07) is 22.8. The molecule has 0 saturated heterocycles. The Kier molecular flexibility index (Phi) is 8.50. The van der Waals surface area contributed by atoms with Crippen LogP contribution in [0, 0.1) is 5.92 Å². The number of anilines is 1. The Morgan fingerprint density at radius 1 is 0.829 bits per heavy atom. The van der Waals surface area contributed by atoms with Gasteiger partial charge in [0.25, 0.3) is 0 Å². The fourth-order valence-electron chi connectivity index (χ4n) is 6.65.